The van der Waals surface area contributed by atoms with Crippen LogP contribution in [-0.4, -0.2) is 13.6 Å². The maximum atomic E-state index is 5.99. The zero-order chi connectivity index (χ0) is 15.2. The number of anilines is 1. The Balaban J connectivity index is 2.01. The van der Waals surface area contributed by atoms with Crippen molar-refractivity contribution in [1.29, 1.82) is 0 Å². The highest BCUT2D eigenvalue weighted by Crippen LogP contribution is 2.25. The summed E-state index contributed by atoms with van der Waals surface area (Å²) < 4.78 is 0.854. The average Bonchev–Trinajstić information content (AvgIpc) is 2.86. The molecule has 0 saturated heterocycles. The zero-order valence-electron chi connectivity index (χ0n) is 12.9. The molecule has 0 aliphatic carbocycles. The first-order chi connectivity index (χ1) is 10.1. The first-order valence-corrected chi connectivity index (χ1v) is 8.55. The zero-order valence-corrected chi connectivity index (χ0v) is 14.5. The lowest BCUT2D eigenvalue weighted by atomic mass is 10.1. The maximum absolute atomic E-state index is 5.99. The Hall–Kier alpha value is -1.03. The summed E-state index contributed by atoms with van der Waals surface area (Å²) in [5.41, 5.74) is 3.96. The summed E-state index contributed by atoms with van der Waals surface area (Å²) >= 11 is 7.63. The van der Waals surface area contributed by atoms with Crippen LogP contribution in [0.4, 0.5) is 5.69 Å². The van der Waals surface area contributed by atoms with Gasteiger partial charge in [0.2, 0.25) is 0 Å². The fraction of sp³-hybridized carbons (Fsp3) is 0.412. The molecule has 0 bridgehead atoms. The van der Waals surface area contributed by atoms with Crippen molar-refractivity contribution in [2.75, 3.05) is 18.5 Å². The SMILES string of the molecule is CCCNCc1ccc(N(C)Cc2ccc(Cl)s2)cc1C. The number of rotatable bonds is 7. The summed E-state index contributed by atoms with van der Waals surface area (Å²) in [5.74, 6) is 0. The van der Waals surface area contributed by atoms with Crippen LogP contribution in [0, 0.1) is 6.92 Å². The standard InChI is InChI=1S/C17H23ClN2S/c1-4-9-19-11-14-5-6-15(10-13(14)2)20(3)12-16-7-8-17(18)21-16/h5-8,10,19H,4,9,11-12H2,1-3H3. The molecular formula is C17H23ClN2S. The first kappa shape index (κ1) is 16.3. The predicted molar refractivity (Wildman–Crippen MR) is 94.6 cm³/mol. The summed E-state index contributed by atoms with van der Waals surface area (Å²) in [4.78, 5) is 3.55. The van der Waals surface area contributed by atoms with Crippen LogP contribution in [-0.2, 0) is 13.1 Å². The smallest absolute Gasteiger partial charge is 0.0931 e. The molecule has 1 aromatic heterocycles. The lowest BCUT2D eigenvalue weighted by Crippen LogP contribution is -2.17. The topological polar surface area (TPSA) is 15.3 Å². The molecule has 4 heteroatoms. The molecule has 0 aliphatic rings. The van der Waals surface area contributed by atoms with Gasteiger partial charge in [0, 0.05) is 24.2 Å². The highest BCUT2D eigenvalue weighted by molar-refractivity contribution is 7.16. The lowest BCUT2D eigenvalue weighted by Gasteiger charge is -2.20. The Morgan fingerprint density at radius 1 is 1.24 bits per heavy atom. The first-order valence-electron chi connectivity index (χ1n) is 7.35. The second-order valence-corrected chi connectivity index (χ2v) is 7.15. The third-order valence-corrected chi connectivity index (χ3v) is 4.75. The van der Waals surface area contributed by atoms with Crippen molar-refractivity contribution in [1.82, 2.24) is 5.32 Å². The molecule has 0 atom stereocenters. The van der Waals surface area contributed by atoms with Gasteiger partial charge in [0.05, 0.1) is 10.9 Å². The van der Waals surface area contributed by atoms with Gasteiger partial charge in [-0.25, -0.2) is 0 Å². The van der Waals surface area contributed by atoms with E-state index >= 15 is 0 Å². The molecule has 1 heterocycles. The summed E-state index contributed by atoms with van der Waals surface area (Å²) in [6.07, 6.45) is 1.17. The number of thiophene rings is 1. The summed E-state index contributed by atoms with van der Waals surface area (Å²) in [7, 11) is 2.12. The molecule has 2 nitrogen and oxygen atoms in total. The third-order valence-electron chi connectivity index (χ3n) is 3.53. The molecule has 1 N–H and O–H groups in total. The number of halogens is 1. The predicted octanol–water partition coefficient (Wildman–Crippen LogP) is 4.85. The largest absolute Gasteiger partial charge is 0.369 e. The molecule has 0 spiro atoms. The van der Waals surface area contributed by atoms with Gasteiger partial charge in [-0.3, -0.25) is 0 Å². The molecule has 0 aliphatic heterocycles. The molecule has 2 rings (SSSR count). The number of nitrogens with zero attached hydrogens (tertiary/aromatic N) is 1. The Kier molecular flexibility index (Phi) is 6.09. The molecule has 114 valence electrons. The fourth-order valence-corrected chi connectivity index (χ4v) is 3.42. The summed E-state index contributed by atoms with van der Waals surface area (Å²) in [5, 5.41) is 3.46. The highest BCUT2D eigenvalue weighted by atomic mass is 35.5. The van der Waals surface area contributed by atoms with Crippen molar-refractivity contribution in [3.05, 3.63) is 50.7 Å². The normalized spacial score (nSPS) is 10.9. The Morgan fingerprint density at radius 3 is 2.67 bits per heavy atom. The van der Waals surface area contributed by atoms with Crippen LogP contribution in [0.5, 0.6) is 0 Å². The summed E-state index contributed by atoms with van der Waals surface area (Å²) in [6, 6.07) is 10.7. The molecule has 0 saturated carbocycles. The van der Waals surface area contributed by atoms with E-state index in [9.17, 15) is 0 Å². The Bertz CT molecular complexity index is 580. The second-order valence-electron chi connectivity index (χ2n) is 5.35. The maximum Gasteiger partial charge on any atom is 0.0931 e. The minimum atomic E-state index is 0.854. The minimum absolute atomic E-state index is 0.854. The lowest BCUT2D eigenvalue weighted by molar-refractivity contribution is 0.673. The van der Waals surface area contributed by atoms with E-state index in [1.807, 2.05) is 6.07 Å². The number of hydrogen-bond acceptors (Lipinski definition) is 3. The number of aryl methyl sites for hydroxylation is 1. The van der Waals surface area contributed by atoms with Gasteiger partial charge in [0.25, 0.3) is 0 Å². The van der Waals surface area contributed by atoms with Gasteiger partial charge in [-0.05, 0) is 55.3 Å². The van der Waals surface area contributed by atoms with Gasteiger partial charge in [0.15, 0.2) is 0 Å². The van der Waals surface area contributed by atoms with Gasteiger partial charge in [0.1, 0.15) is 0 Å². The average molecular weight is 323 g/mol. The van der Waals surface area contributed by atoms with Gasteiger partial charge in [-0.2, -0.15) is 0 Å². The van der Waals surface area contributed by atoms with Crippen molar-refractivity contribution in [2.24, 2.45) is 0 Å². The van der Waals surface area contributed by atoms with Gasteiger partial charge in [-0.15, -0.1) is 11.3 Å². The van der Waals surface area contributed by atoms with Crippen LogP contribution < -0.4 is 10.2 Å². The van der Waals surface area contributed by atoms with E-state index in [4.69, 9.17) is 11.6 Å². The van der Waals surface area contributed by atoms with Crippen LogP contribution in [0.2, 0.25) is 4.34 Å². The minimum Gasteiger partial charge on any atom is -0.369 e. The molecule has 21 heavy (non-hydrogen) atoms. The molecule has 1 aromatic carbocycles. The number of hydrogen-bond donors (Lipinski definition) is 1. The van der Waals surface area contributed by atoms with Crippen LogP contribution >= 0.6 is 22.9 Å². The summed E-state index contributed by atoms with van der Waals surface area (Å²) in [6.45, 7) is 7.28. The van der Waals surface area contributed by atoms with E-state index in [0.29, 0.717) is 0 Å². The van der Waals surface area contributed by atoms with Crippen molar-refractivity contribution < 1.29 is 0 Å². The van der Waals surface area contributed by atoms with Gasteiger partial charge < -0.3 is 10.2 Å². The van der Waals surface area contributed by atoms with Crippen LogP contribution in [0.3, 0.4) is 0 Å². The van der Waals surface area contributed by atoms with Crippen LogP contribution in [0.15, 0.2) is 30.3 Å². The van der Waals surface area contributed by atoms with Crippen molar-refractivity contribution in [3.63, 3.8) is 0 Å². The highest BCUT2D eigenvalue weighted by Gasteiger charge is 2.06. The number of benzene rings is 1. The van der Waals surface area contributed by atoms with Gasteiger partial charge in [-0.1, -0.05) is 24.6 Å². The van der Waals surface area contributed by atoms with E-state index in [2.05, 4.69) is 55.4 Å². The van der Waals surface area contributed by atoms with Crippen molar-refractivity contribution in [3.8, 4) is 0 Å². The third kappa shape index (κ3) is 4.73. The molecule has 0 fully saturated rings. The molecule has 0 radical (unpaired) electrons. The van der Waals surface area contributed by atoms with Crippen molar-refractivity contribution >= 4 is 28.6 Å². The second kappa shape index (κ2) is 7.83. The van der Waals surface area contributed by atoms with Crippen LogP contribution in [0.25, 0.3) is 0 Å². The van der Waals surface area contributed by atoms with Crippen LogP contribution in [0.1, 0.15) is 29.3 Å². The molecule has 0 unspecified atom stereocenters. The molecule has 0 amide bonds. The Morgan fingerprint density at radius 2 is 2.05 bits per heavy atom. The number of nitrogens with one attached hydrogen (secondary N) is 1. The van der Waals surface area contributed by atoms with E-state index in [1.54, 1.807) is 11.3 Å². The van der Waals surface area contributed by atoms with E-state index < -0.39 is 0 Å². The van der Waals surface area contributed by atoms with E-state index in [-0.39, 0.29) is 0 Å². The molecular weight excluding hydrogens is 300 g/mol. The van der Waals surface area contributed by atoms with E-state index in [0.717, 1.165) is 24.0 Å². The Labute approximate surface area is 136 Å². The quantitative estimate of drug-likeness (QED) is 0.733. The van der Waals surface area contributed by atoms with E-state index in [1.165, 1.54) is 28.1 Å². The monoisotopic (exact) mass is 322 g/mol. The molecule has 2 aromatic rings. The fourth-order valence-electron chi connectivity index (χ4n) is 2.28. The van der Waals surface area contributed by atoms with Crippen molar-refractivity contribution in [2.45, 2.75) is 33.4 Å². The van der Waals surface area contributed by atoms with Gasteiger partial charge >= 0.3 is 0 Å².